The summed E-state index contributed by atoms with van der Waals surface area (Å²) in [6.45, 7) is 0.878. The molecule has 0 saturated carbocycles. The first-order chi connectivity index (χ1) is 12.6. The van der Waals surface area contributed by atoms with Crippen LogP contribution in [0.1, 0.15) is 27.1 Å². The van der Waals surface area contributed by atoms with Crippen LogP contribution in [0.15, 0.2) is 54.6 Å². The molecule has 0 unspecified atom stereocenters. The summed E-state index contributed by atoms with van der Waals surface area (Å²) in [5.74, 6) is -0.643. The fraction of sp³-hybridized carbons (Fsp3) is 0.211. The molecule has 0 aromatic heterocycles. The molecule has 2 rings (SSSR count). The Labute approximate surface area is 156 Å². The maximum absolute atomic E-state index is 11.9. The van der Waals surface area contributed by atoms with Gasteiger partial charge in [0.25, 0.3) is 11.8 Å². The summed E-state index contributed by atoms with van der Waals surface area (Å²) in [6, 6.07) is 15.3. The third-order valence-corrected chi connectivity index (χ3v) is 3.76. The highest BCUT2D eigenvalue weighted by molar-refractivity contribution is 6.30. The number of amides is 3. The van der Waals surface area contributed by atoms with E-state index < -0.39 is 0 Å². The van der Waals surface area contributed by atoms with Crippen molar-refractivity contribution in [2.24, 2.45) is 0 Å². The lowest BCUT2D eigenvalue weighted by Crippen LogP contribution is -2.36. The van der Waals surface area contributed by atoms with Gasteiger partial charge in [-0.2, -0.15) is 0 Å². The molecule has 0 atom stereocenters. The predicted octanol–water partition coefficient (Wildman–Crippen LogP) is 2.01. The largest absolute Gasteiger partial charge is 0.354 e. The summed E-state index contributed by atoms with van der Waals surface area (Å²) < 4.78 is 0. The molecule has 3 N–H and O–H groups in total. The lowest BCUT2D eigenvalue weighted by atomic mass is 10.2. The molecule has 0 fully saturated rings. The molecule has 26 heavy (non-hydrogen) atoms. The van der Waals surface area contributed by atoms with Gasteiger partial charge in [-0.1, -0.05) is 29.8 Å². The highest BCUT2D eigenvalue weighted by Gasteiger charge is 2.07. The highest BCUT2D eigenvalue weighted by Crippen LogP contribution is 2.09. The van der Waals surface area contributed by atoms with Gasteiger partial charge in [0.15, 0.2) is 0 Å². The summed E-state index contributed by atoms with van der Waals surface area (Å²) in [7, 11) is 0. The molecule has 0 saturated heterocycles. The summed E-state index contributed by atoms with van der Waals surface area (Å²) in [6.07, 6.45) is 0.159. The maximum atomic E-state index is 11.9. The van der Waals surface area contributed by atoms with E-state index in [0.29, 0.717) is 29.2 Å². The average molecular weight is 374 g/mol. The molecule has 6 nitrogen and oxygen atoms in total. The second kappa shape index (κ2) is 10.2. The Bertz CT molecular complexity index is 748. The minimum atomic E-state index is -0.260. The van der Waals surface area contributed by atoms with Gasteiger partial charge >= 0.3 is 0 Å². The zero-order valence-electron chi connectivity index (χ0n) is 14.1. The van der Waals surface area contributed by atoms with Crippen molar-refractivity contribution in [1.82, 2.24) is 16.0 Å². The van der Waals surface area contributed by atoms with Crippen molar-refractivity contribution in [2.75, 3.05) is 19.6 Å². The Balaban J connectivity index is 1.58. The predicted molar refractivity (Wildman–Crippen MR) is 100 cm³/mol. The number of carbonyl (C=O) groups is 3. The minimum Gasteiger partial charge on any atom is -0.354 e. The van der Waals surface area contributed by atoms with Crippen LogP contribution in [0.25, 0.3) is 0 Å². The van der Waals surface area contributed by atoms with Gasteiger partial charge in [0.2, 0.25) is 5.91 Å². The van der Waals surface area contributed by atoms with E-state index in [1.807, 2.05) is 6.07 Å². The molecule has 0 bridgehead atoms. The number of carbonyl (C=O) groups excluding carboxylic acids is 3. The Morgan fingerprint density at radius 1 is 0.692 bits per heavy atom. The first kappa shape index (κ1) is 19.5. The van der Waals surface area contributed by atoms with E-state index in [2.05, 4.69) is 16.0 Å². The maximum Gasteiger partial charge on any atom is 0.251 e. The van der Waals surface area contributed by atoms with Crippen LogP contribution in [0.2, 0.25) is 5.02 Å². The van der Waals surface area contributed by atoms with Crippen molar-refractivity contribution in [3.05, 3.63) is 70.7 Å². The van der Waals surface area contributed by atoms with E-state index in [-0.39, 0.29) is 30.7 Å². The first-order valence-corrected chi connectivity index (χ1v) is 8.58. The van der Waals surface area contributed by atoms with Gasteiger partial charge in [-0.3, -0.25) is 14.4 Å². The van der Waals surface area contributed by atoms with Crippen molar-refractivity contribution in [3.8, 4) is 0 Å². The molecule has 0 spiro atoms. The SMILES string of the molecule is O=C(CCNC(=O)c1ccc(Cl)cc1)NCCNC(=O)c1ccccc1. The van der Waals surface area contributed by atoms with Crippen molar-refractivity contribution < 1.29 is 14.4 Å². The molecule has 0 aliphatic heterocycles. The molecule has 0 radical (unpaired) electrons. The number of benzene rings is 2. The zero-order chi connectivity index (χ0) is 18.8. The van der Waals surface area contributed by atoms with Crippen LogP contribution in [-0.2, 0) is 4.79 Å². The van der Waals surface area contributed by atoms with Crippen molar-refractivity contribution in [1.29, 1.82) is 0 Å². The summed E-state index contributed by atoms with van der Waals surface area (Å²) in [5.41, 5.74) is 1.06. The van der Waals surface area contributed by atoms with Gasteiger partial charge < -0.3 is 16.0 Å². The van der Waals surface area contributed by atoms with E-state index in [4.69, 9.17) is 11.6 Å². The molecule has 3 amide bonds. The normalized spacial score (nSPS) is 10.0. The third kappa shape index (κ3) is 6.57. The van der Waals surface area contributed by atoms with Crippen LogP contribution < -0.4 is 16.0 Å². The van der Waals surface area contributed by atoms with Crippen LogP contribution in [0, 0.1) is 0 Å². The van der Waals surface area contributed by atoms with Gasteiger partial charge in [-0.25, -0.2) is 0 Å². The smallest absolute Gasteiger partial charge is 0.251 e. The molecule has 2 aromatic carbocycles. The van der Waals surface area contributed by atoms with Gasteiger partial charge in [0.05, 0.1) is 0 Å². The molecule has 0 heterocycles. The van der Waals surface area contributed by atoms with Gasteiger partial charge in [0.1, 0.15) is 0 Å². The Morgan fingerprint density at radius 2 is 1.23 bits per heavy atom. The Morgan fingerprint density at radius 3 is 1.88 bits per heavy atom. The second-order valence-electron chi connectivity index (χ2n) is 5.48. The Kier molecular flexibility index (Phi) is 7.64. The van der Waals surface area contributed by atoms with E-state index in [1.165, 1.54) is 0 Å². The van der Waals surface area contributed by atoms with Crippen molar-refractivity contribution in [3.63, 3.8) is 0 Å². The van der Waals surface area contributed by atoms with Crippen LogP contribution in [-0.4, -0.2) is 37.4 Å². The highest BCUT2D eigenvalue weighted by atomic mass is 35.5. The second-order valence-corrected chi connectivity index (χ2v) is 5.92. The van der Waals surface area contributed by atoms with Crippen LogP contribution in [0.3, 0.4) is 0 Å². The topological polar surface area (TPSA) is 87.3 Å². The third-order valence-electron chi connectivity index (χ3n) is 3.51. The quantitative estimate of drug-likeness (QED) is 0.618. The minimum absolute atomic E-state index is 0.159. The number of halogens is 1. The summed E-state index contributed by atoms with van der Waals surface area (Å²) >= 11 is 5.77. The number of hydrogen-bond acceptors (Lipinski definition) is 3. The lowest BCUT2D eigenvalue weighted by Gasteiger charge is -2.08. The molecule has 136 valence electrons. The zero-order valence-corrected chi connectivity index (χ0v) is 14.9. The van der Waals surface area contributed by atoms with Crippen molar-refractivity contribution >= 4 is 29.3 Å². The molecule has 2 aromatic rings. The van der Waals surface area contributed by atoms with E-state index in [0.717, 1.165) is 0 Å². The van der Waals surface area contributed by atoms with Gasteiger partial charge in [-0.05, 0) is 36.4 Å². The fourth-order valence-electron chi connectivity index (χ4n) is 2.15. The molecule has 7 heteroatoms. The first-order valence-electron chi connectivity index (χ1n) is 8.20. The summed E-state index contributed by atoms with van der Waals surface area (Å²) in [5, 5.41) is 8.63. The number of nitrogens with one attached hydrogen (secondary N) is 3. The van der Waals surface area contributed by atoms with Gasteiger partial charge in [-0.15, -0.1) is 0 Å². The van der Waals surface area contributed by atoms with Crippen molar-refractivity contribution in [2.45, 2.75) is 6.42 Å². The molecular weight excluding hydrogens is 354 g/mol. The van der Waals surface area contributed by atoms with Crippen LogP contribution in [0.5, 0.6) is 0 Å². The number of hydrogen-bond donors (Lipinski definition) is 3. The molecular formula is C19H20ClN3O3. The lowest BCUT2D eigenvalue weighted by molar-refractivity contribution is -0.120. The summed E-state index contributed by atoms with van der Waals surface area (Å²) in [4.78, 5) is 35.4. The average Bonchev–Trinajstić information content (AvgIpc) is 2.66. The molecule has 0 aliphatic rings. The Hall–Kier alpha value is -2.86. The fourth-order valence-corrected chi connectivity index (χ4v) is 2.28. The monoisotopic (exact) mass is 373 g/mol. The standard InChI is InChI=1S/C19H20ClN3O3/c20-16-8-6-15(7-9-16)19(26)22-11-10-17(24)21-12-13-23-18(25)14-4-2-1-3-5-14/h1-9H,10-13H2,(H,21,24)(H,22,26)(H,23,25). The van der Waals surface area contributed by atoms with Crippen LogP contribution in [0.4, 0.5) is 0 Å². The van der Waals surface area contributed by atoms with E-state index in [1.54, 1.807) is 48.5 Å². The molecule has 0 aliphatic carbocycles. The number of rotatable bonds is 8. The van der Waals surface area contributed by atoms with Crippen LogP contribution >= 0.6 is 11.6 Å². The van der Waals surface area contributed by atoms with E-state index in [9.17, 15) is 14.4 Å². The van der Waals surface area contributed by atoms with E-state index >= 15 is 0 Å². The van der Waals surface area contributed by atoms with Gasteiger partial charge in [0, 0.05) is 42.2 Å².